The van der Waals surface area contributed by atoms with Gasteiger partial charge in [0.05, 0.1) is 19.2 Å². The summed E-state index contributed by atoms with van der Waals surface area (Å²) in [7, 11) is -3.25. The van der Waals surface area contributed by atoms with E-state index in [2.05, 4.69) is 4.85 Å². The lowest BCUT2D eigenvalue weighted by atomic mass is 10.1. The highest BCUT2D eigenvalue weighted by atomic mass is 35.5. The van der Waals surface area contributed by atoms with E-state index in [-0.39, 0.29) is 29.2 Å². The molecule has 1 aromatic heterocycles. The summed E-state index contributed by atoms with van der Waals surface area (Å²) in [6, 6.07) is 10.6. The Hall–Kier alpha value is -3.92. The first kappa shape index (κ1) is 29.1. The molecule has 210 valence electrons. The predicted octanol–water partition coefficient (Wildman–Crippen LogP) is 4.32. The van der Waals surface area contributed by atoms with Crippen molar-refractivity contribution in [2.45, 2.75) is 37.4 Å². The maximum absolute atomic E-state index is 14.0. The average molecular weight is 587 g/mol. The Bertz CT molecular complexity index is 1640. The van der Waals surface area contributed by atoms with Crippen LogP contribution < -0.4 is 0 Å². The van der Waals surface area contributed by atoms with Gasteiger partial charge in [-0.25, -0.2) is 27.4 Å². The Kier molecular flexibility index (Phi) is 7.94. The second kappa shape index (κ2) is 10.9. The molecule has 11 nitrogen and oxygen atoms in total. The minimum absolute atomic E-state index is 0.124. The molecule has 13 heteroatoms. The molecule has 2 heterocycles. The summed E-state index contributed by atoms with van der Waals surface area (Å²) in [6.07, 6.45) is -0.899. The van der Waals surface area contributed by atoms with Gasteiger partial charge in [-0.05, 0) is 45.0 Å². The van der Waals surface area contributed by atoms with Gasteiger partial charge in [0.25, 0.3) is 15.9 Å². The third kappa shape index (κ3) is 5.67. The zero-order valence-corrected chi connectivity index (χ0v) is 23.8. The number of esters is 1. The number of carbonyl (C=O) groups excluding carboxylic acids is 3. The van der Waals surface area contributed by atoms with Crippen LogP contribution in [0.15, 0.2) is 53.6 Å². The van der Waals surface area contributed by atoms with Gasteiger partial charge in [-0.1, -0.05) is 35.9 Å². The van der Waals surface area contributed by atoms with Crippen LogP contribution in [0.2, 0.25) is 5.02 Å². The third-order valence-corrected chi connectivity index (χ3v) is 8.31. The van der Waals surface area contributed by atoms with Crippen LogP contribution in [-0.2, 0) is 24.3 Å². The number of methoxy groups -OCH3 is 1. The number of nitrogens with zero attached hydrogens (tertiary/aromatic N) is 4. The van der Waals surface area contributed by atoms with E-state index in [1.165, 1.54) is 53.4 Å². The van der Waals surface area contributed by atoms with Gasteiger partial charge in [-0.15, -0.1) is 0 Å². The van der Waals surface area contributed by atoms with Crippen LogP contribution in [0, 0.1) is 6.57 Å². The standard InChI is InChI=1S/C27H27ClN4O7S/c1-27(2,3)39-26(35)32-21-11-8-19(28)14-18(21)15-23(32)40(36,37)30-12-13-31(22(16-30)25(34)38-5)24(33)17-6-9-20(29-4)10-7-17/h6-11,14-15,22H,12-13,16H2,1-3,5H3. The van der Waals surface area contributed by atoms with Crippen LogP contribution in [0.1, 0.15) is 31.1 Å². The van der Waals surface area contributed by atoms with Gasteiger partial charge in [0.2, 0.25) is 0 Å². The molecule has 0 bridgehead atoms. The molecule has 1 atom stereocenters. The molecule has 2 aromatic carbocycles. The van der Waals surface area contributed by atoms with Crippen molar-refractivity contribution in [1.82, 2.24) is 13.8 Å². The molecule has 1 amide bonds. The van der Waals surface area contributed by atoms with Gasteiger partial charge in [-0.2, -0.15) is 4.31 Å². The van der Waals surface area contributed by atoms with Crippen molar-refractivity contribution in [3.63, 3.8) is 0 Å². The van der Waals surface area contributed by atoms with Crippen molar-refractivity contribution >= 4 is 56.2 Å². The fourth-order valence-electron chi connectivity index (χ4n) is 4.38. The van der Waals surface area contributed by atoms with Crippen LogP contribution in [0.3, 0.4) is 0 Å². The number of rotatable bonds is 4. The van der Waals surface area contributed by atoms with Crippen molar-refractivity contribution in [1.29, 1.82) is 0 Å². The lowest BCUT2D eigenvalue weighted by molar-refractivity contribution is -0.147. The third-order valence-electron chi connectivity index (χ3n) is 6.23. The van der Waals surface area contributed by atoms with Gasteiger partial charge in [0.15, 0.2) is 10.7 Å². The Labute approximate surface area is 236 Å². The number of amides is 1. The number of ether oxygens (including phenoxy) is 2. The van der Waals surface area contributed by atoms with Crippen LogP contribution in [0.25, 0.3) is 15.7 Å². The number of benzene rings is 2. The molecule has 4 rings (SSSR count). The molecule has 0 spiro atoms. The number of fused-ring (bicyclic) bond motifs is 1. The number of hydrogen-bond acceptors (Lipinski definition) is 7. The largest absolute Gasteiger partial charge is 0.467 e. The number of sulfonamides is 1. The summed E-state index contributed by atoms with van der Waals surface area (Å²) >= 11 is 6.12. The van der Waals surface area contributed by atoms with E-state index in [9.17, 15) is 22.8 Å². The first-order chi connectivity index (χ1) is 18.8. The summed E-state index contributed by atoms with van der Waals surface area (Å²) in [6.45, 7) is 11.4. The maximum atomic E-state index is 14.0. The molecule has 3 aromatic rings. The number of halogens is 1. The van der Waals surface area contributed by atoms with E-state index >= 15 is 0 Å². The lowest BCUT2D eigenvalue weighted by Crippen LogP contribution is -2.59. The second-order valence-corrected chi connectivity index (χ2v) is 12.4. The monoisotopic (exact) mass is 586 g/mol. The summed E-state index contributed by atoms with van der Waals surface area (Å²) in [4.78, 5) is 43.8. The van der Waals surface area contributed by atoms with Crippen molar-refractivity contribution < 1.29 is 32.3 Å². The fraction of sp³-hybridized carbons (Fsp3) is 0.333. The Balaban J connectivity index is 1.72. The summed E-state index contributed by atoms with van der Waals surface area (Å²) in [5, 5.41) is 0.385. The van der Waals surface area contributed by atoms with Gasteiger partial charge in [-0.3, -0.25) is 4.79 Å². The summed E-state index contributed by atoms with van der Waals surface area (Å²) in [5.74, 6) is -1.31. The van der Waals surface area contributed by atoms with Crippen molar-refractivity contribution in [2.75, 3.05) is 26.7 Å². The molecule has 0 aliphatic carbocycles. The lowest BCUT2D eigenvalue weighted by Gasteiger charge is -2.39. The zero-order valence-electron chi connectivity index (χ0n) is 22.3. The van der Waals surface area contributed by atoms with Gasteiger partial charge in [0.1, 0.15) is 11.6 Å². The van der Waals surface area contributed by atoms with E-state index in [1.54, 1.807) is 20.8 Å². The topological polar surface area (TPSA) is 120 Å². The first-order valence-corrected chi connectivity index (χ1v) is 14.0. The van der Waals surface area contributed by atoms with Crippen LogP contribution in [-0.4, -0.2) is 78.5 Å². The van der Waals surface area contributed by atoms with Crippen molar-refractivity contribution in [3.8, 4) is 0 Å². The Morgan fingerprint density at radius 2 is 1.73 bits per heavy atom. The molecule has 1 aliphatic rings. The molecule has 0 radical (unpaired) electrons. The van der Waals surface area contributed by atoms with Gasteiger partial charge in [0, 0.05) is 35.6 Å². The number of piperazine rings is 1. The molecule has 40 heavy (non-hydrogen) atoms. The SMILES string of the molecule is [C-]#[N+]c1ccc(C(=O)N2CCN(S(=O)(=O)c3cc4cc(Cl)ccc4n3C(=O)OC(C)(C)C)CC2C(=O)OC)cc1. The normalized spacial score (nSPS) is 16.4. The van der Waals surface area contributed by atoms with E-state index in [1.807, 2.05) is 0 Å². The molecule has 1 saturated heterocycles. The molecule has 0 N–H and O–H groups in total. The van der Waals surface area contributed by atoms with Gasteiger partial charge >= 0.3 is 12.1 Å². The first-order valence-electron chi connectivity index (χ1n) is 12.2. The summed E-state index contributed by atoms with van der Waals surface area (Å²) < 4.78 is 40.4. The van der Waals surface area contributed by atoms with E-state index < -0.39 is 46.2 Å². The predicted molar refractivity (Wildman–Crippen MR) is 147 cm³/mol. The summed E-state index contributed by atoms with van der Waals surface area (Å²) in [5.41, 5.74) is -0.0487. The van der Waals surface area contributed by atoms with E-state index in [0.29, 0.717) is 16.1 Å². The van der Waals surface area contributed by atoms with Crippen molar-refractivity contribution in [3.05, 3.63) is 70.5 Å². The molecular weight excluding hydrogens is 560 g/mol. The number of aromatic nitrogens is 1. The molecular formula is C27H27ClN4O7S. The second-order valence-electron chi connectivity index (χ2n) is 10.1. The van der Waals surface area contributed by atoms with Crippen LogP contribution >= 0.6 is 11.6 Å². The number of hydrogen-bond donors (Lipinski definition) is 0. The Morgan fingerprint density at radius 3 is 2.33 bits per heavy atom. The van der Waals surface area contributed by atoms with Gasteiger partial charge < -0.3 is 14.4 Å². The Morgan fingerprint density at radius 1 is 1.05 bits per heavy atom. The zero-order chi connectivity index (χ0) is 29.4. The minimum atomic E-state index is -4.39. The average Bonchev–Trinajstić information content (AvgIpc) is 3.30. The highest BCUT2D eigenvalue weighted by molar-refractivity contribution is 7.89. The number of carbonyl (C=O) groups is 3. The molecule has 0 saturated carbocycles. The quantitative estimate of drug-likeness (QED) is 0.330. The molecule has 1 aliphatic heterocycles. The van der Waals surface area contributed by atoms with Crippen LogP contribution in [0.4, 0.5) is 10.5 Å². The van der Waals surface area contributed by atoms with Crippen molar-refractivity contribution in [2.24, 2.45) is 0 Å². The van der Waals surface area contributed by atoms with Crippen LogP contribution in [0.5, 0.6) is 0 Å². The fourth-order valence-corrected chi connectivity index (χ4v) is 6.16. The minimum Gasteiger partial charge on any atom is -0.467 e. The van der Waals surface area contributed by atoms with E-state index in [0.717, 1.165) is 16.0 Å². The molecule has 1 fully saturated rings. The molecule has 1 unspecified atom stereocenters. The van der Waals surface area contributed by atoms with E-state index in [4.69, 9.17) is 27.6 Å². The maximum Gasteiger partial charge on any atom is 0.420 e. The highest BCUT2D eigenvalue weighted by Gasteiger charge is 2.42. The highest BCUT2D eigenvalue weighted by Crippen LogP contribution is 2.30. The smallest absolute Gasteiger partial charge is 0.420 e.